The smallest absolute Gasteiger partial charge is 0.303 e. The summed E-state index contributed by atoms with van der Waals surface area (Å²) in [5, 5.41) is 11.3. The van der Waals surface area contributed by atoms with Crippen molar-refractivity contribution in [3.63, 3.8) is 0 Å². The van der Waals surface area contributed by atoms with Crippen LogP contribution >= 0.6 is 0 Å². The number of nitrogens with one attached hydrogen (secondary N) is 1. The van der Waals surface area contributed by atoms with E-state index < -0.39 is 5.97 Å². The second kappa shape index (κ2) is 9.32. The second-order valence-electron chi connectivity index (χ2n) is 5.43. The van der Waals surface area contributed by atoms with Gasteiger partial charge in [0.1, 0.15) is 6.61 Å². The number of hydrogen-bond acceptors (Lipinski definition) is 4. The first-order valence-electron chi connectivity index (χ1n) is 7.90. The van der Waals surface area contributed by atoms with E-state index in [1.807, 2.05) is 36.4 Å². The Bertz CT molecular complexity index is 715. The predicted molar refractivity (Wildman–Crippen MR) is 92.5 cm³/mol. The van der Waals surface area contributed by atoms with Crippen molar-refractivity contribution in [3.05, 3.63) is 59.7 Å². The predicted octanol–water partition coefficient (Wildman–Crippen LogP) is 2.76. The molecule has 2 aromatic rings. The first-order chi connectivity index (χ1) is 12.1. The van der Waals surface area contributed by atoms with Crippen molar-refractivity contribution < 1.29 is 24.2 Å². The van der Waals surface area contributed by atoms with Gasteiger partial charge in [-0.15, -0.1) is 0 Å². The SMILES string of the molecule is COc1cc(CNC(=O)CCC(=O)O)ccc1OCc1ccccc1. The molecule has 0 aliphatic carbocycles. The lowest BCUT2D eigenvalue weighted by atomic mass is 10.2. The lowest BCUT2D eigenvalue weighted by molar-refractivity contribution is -0.138. The van der Waals surface area contributed by atoms with Crippen LogP contribution in [0.1, 0.15) is 24.0 Å². The fraction of sp³-hybridized carbons (Fsp3) is 0.263. The zero-order valence-electron chi connectivity index (χ0n) is 14.0. The zero-order valence-corrected chi connectivity index (χ0v) is 14.0. The maximum absolute atomic E-state index is 11.6. The Morgan fingerprint density at radius 1 is 1.00 bits per heavy atom. The molecular weight excluding hydrogens is 322 g/mol. The summed E-state index contributed by atoms with van der Waals surface area (Å²) >= 11 is 0. The molecule has 0 fully saturated rings. The molecule has 0 aromatic heterocycles. The minimum Gasteiger partial charge on any atom is -0.493 e. The zero-order chi connectivity index (χ0) is 18.1. The number of carboxylic acid groups (broad SMARTS) is 1. The molecule has 0 saturated carbocycles. The number of benzene rings is 2. The Morgan fingerprint density at radius 3 is 2.44 bits per heavy atom. The summed E-state index contributed by atoms with van der Waals surface area (Å²) in [5.74, 6) is -0.0944. The maximum atomic E-state index is 11.6. The van der Waals surface area contributed by atoms with E-state index in [-0.39, 0.29) is 18.7 Å². The highest BCUT2D eigenvalue weighted by Gasteiger charge is 2.08. The third-order valence-corrected chi connectivity index (χ3v) is 3.52. The average Bonchev–Trinajstić information content (AvgIpc) is 2.64. The first-order valence-corrected chi connectivity index (χ1v) is 7.90. The average molecular weight is 343 g/mol. The summed E-state index contributed by atoms with van der Waals surface area (Å²) in [7, 11) is 1.56. The van der Waals surface area contributed by atoms with Gasteiger partial charge in [-0.2, -0.15) is 0 Å². The van der Waals surface area contributed by atoms with Crippen molar-refractivity contribution in [1.82, 2.24) is 5.32 Å². The minimum absolute atomic E-state index is 0.0370. The minimum atomic E-state index is -0.989. The van der Waals surface area contributed by atoms with Crippen LogP contribution in [0, 0.1) is 0 Å². The van der Waals surface area contributed by atoms with E-state index in [1.165, 1.54) is 0 Å². The molecular formula is C19H21NO5. The van der Waals surface area contributed by atoms with Gasteiger partial charge in [0.05, 0.1) is 13.5 Å². The van der Waals surface area contributed by atoms with Crippen LogP contribution in [-0.2, 0) is 22.7 Å². The summed E-state index contributed by atoms with van der Waals surface area (Å²) in [6.45, 7) is 0.732. The third kappa shape index (κ3) is 6.18. The van der Waals surface area contributed by atoms with Gasteiger partial charge in [-0.05, 0) is 23.3 Å². The maximum Gasteiger partial charge on any atom is 0.303 e. The third-order valence-electron chi connectivity index (χ3n) is 3.52. The van der Waals surface area contributed by atoms with E-state index in [1.54, 1.807) is 19.2 Å². The molecule has 1 amide bonds. The highest BCUT2D eigenvalue weighted by Crippen LogP contribution is 2.28. The molecule has 2 aromatic carbocycles. The quantitative estimate of drug-likeness (QED) is 0.731. The van der Waals surface area contributed by atoms with Crippen LogP contribution in [-0.4, -0.2) is 24.1 Å². The molecule has 132 valence electrons. The van der Waals surface area contributed by atoms with Gasteiger partial charge >= 0.3 is 5.97 Å². The van der Waals surface area contributed by atoms with Crippen LogP contribution in [0.3, 0.4) is 0 Å². The second-order valence-corrected chi connectivity index (χ2v) is 5.43. The van der Waals surface area contributed by atoms with E-state index in [0.29, 0.717) is 24.7 Å². The number of rotatable bonds is 9. The monoisotopic (exact) mass is 343 g/mol. The molecule has 0 saturated heterocycles. The Morgan fingerprint density at radius 2 is 1.76 bits per heavy atom. The highest BCUT2D eigenvalue weighted by atomic mass is 16.5. The van der Waals surface area contributed by atoms with Gasteiger partial charge in [-0.1, -0.05) is 36.4 Å². The van der Waals surface area contributed by atoms with Crippen molar-refractivity contribution in [2.24, 2.45) is 0 Å². The Balaban J connectivity index is 1.91. The molecule has 0 atom stereocenters. The van der Waals surface area contributed by atoms with Gasteiger partial charge in [0.25, 0.3) is 0 Å². The molecule has 0 unspecified atom stereocenters. The summed E-state index contributed by atoms with van der Waals surface area (Å²) in [5.41, 5.74) is 1.90. The first kappa shape index (κ1) is 18.3. The van der Waals surface area contributed by atoms with Gasteiger partial charge in [0, 0.05) is 13.0 Å². The largest absolute Gasteiger partial charge is 0.493 e. The molecule has 0 aliphatic heterocycles. The topological polar surface area (TPSA) is 84.9 Å². The van der Waals surface area contributed by atoms with Gasteiger partial charge in [0.2, 0.25) is 5.91 Å². The van der Waals surface area contributed by atoms with Crippen LogP contribution < -0.4 is 14.8 Å². The van der Waals surface area contributed by atoms with Crippen molar-refractivity contribution in [3.8, 4) is 11.5 Å². The number of carboxylic acids is 1. The molecule has 0 aliphatic rings. The fourth-order valence-electron chi connectivity index (χ4n) is 2.19. The fourth-order valence-corrected chi connectivity index (χ4v) is 2.19. The number of carbonyl (C=O) groups excluding carboxylic acids is 1. The van der Waals surface area contributed by atoms with Gasteiger partial charge < -0.3 is 19.9 Å². The normalized spacial score (nSPS) is 10.1. The van der Waals surface area contributed by atoms with Crippen molar-refractivity contribution >= 4 is 11.9 Å². The van der Waals surface area contributed by atoms with E-state index in [2.05, 4.69) is 5.32 Å². The van der Waals surface area contributed by atoms with Gasteiger partial charge in [-0.25, -0.2) is 0 Å². The molecule has 25 heavy (non-hydrogen) atoms. The van der Waals surface area contributed by atoms with Crippen LogP contribution in [0.15, 0.2) is 48.5 Å². The van der Waals surface area contributed by atoms with Crippen LogP contribution in [0.4, 0.5) is 0 Å². The number of carbonyl (C=O) groups is 2. The lowest BCUT2D eigenvalue weighted by Gasteiger charge is -2.13. The Labute approximate surface area is 146 Å². The van der Waals surface area contributed by atoms with Crippen LogP contribution in [0.2, 0.25) is 0 Å². The summed E-state index contributed by atoms with van der Waals surface area (Å²) in [4.78, 5) is 22.0. The standard InChI is InChI=1S/C19H21NO5/c1-24-17-11-15(12-20-18(21)9-10-19(22)23)7-8-16(17)25-13-14-5-3-2-4-6-14/h2-8,11H,9-10,12-13H2,1H3,(H,20,21)(H,22,23). The van der Waals surface area contributed by atoms with E-state index >= 15 is 0 Å². The number of aliphatic carboxylic acids is 1. The number of hydrogen-bond donors (Lipinski definition) is 2. The Kier molecular flexibility index (Phi) is 6.83. The molecule has 0 radical (unpaired) electrons. The molecule has 2 rings (SSSR count). The van der Waals surface area contributed by atoms with Crippen molar-refractivity contribution in [2.45, 2.75) is 26.0 Å². The molecule has 6 nitrogen and oxygen atoms in total. The highest BCUT2D eigenvalue weighted by molar-refractivity contribution is 5.80. The summed E-state index contributed by atoms with van der Waals surface area (Å²) < 4.78 is 11.1. The molecule has 2 N–H and O–H groups in total. The summed E-state index contributed by atoms with van der Waals surface area (Å²) in [6, 6.07) is 15.2. The van der Waals surface area contributed by atoms with Crippen LogP contribution in [0.5, 0.6) is 11.5 Å². The number of methoxy groups -OCH3 is 1. The molecule has 0 bridgehead atoms. The van der Waals surface area contributed by atoms with Gasteiger partial charge in [0.15, 0.2) is 11.5 Å². The van der Waals surface area contributed by atoms with Crippen molar-refractivity contribution in [2.75, 3.05) is 7.11 Å². The number of amides is 1. The van der Waals surface area contributed by atoms with Crippen LogP contribution in [0.25, 0.3) is 0 Å². The molecule has 0 heterocycles. The van der Waals surface area contributed by atoms with E-state index in [4.69, 9.17) is 14.6 Å². The van der Waals surface area contributed by atoms with E-state index in [9.17, 15) is 9.59 Å². The van der Waals surface area contributed by atoms with E-state index in [0.717, 1.165) is 11.1 Å². The van der Waals surface area contributed by atoms with Crippen molar-refractivity contribution in [1.29, 1.82) is 0 Å². The molecule has 0 spiro atoms. The van der Waals surface area contributed by atoms with Gasteiger partial charge in [-0.3, -0.25) is 9.59 Å². The molecule has 6 heteroatoms. The lowest BCUT2D eigenvalue weighted by Crippen LogP contribution is -2.23. The Hall–Kier alpha value is -3.02. The summed E-state index contributed by atoms with van der Waals surface area (Å²) in [6.07, 6.45) is -0.216. The number of ether oxygens (including phenoxy) is 2.